The second-order valence-electron chi connectivity index (χ2n) is 6.12. The maximum Gasteiger partial charge on any atom is 0.258 e. The summed E-state index contributed by atoms with van der Waals surface area (Å²) in [6.45, 7) is -0.754. The zero-order valence-corrected chi connectivity index (χ0v) is 14.3. The van der Waals surface area contributed by atoms with E-state index in [2.05, 4.69) is 10.6 Å². The van der Waals surface area contributed by atoms with Gasteiger partial charge >= 0.3 is 0 Å². The van der Waals surface area contributed by atoms with Crippen molar-refractivity contribution in [2.75, 3.05) is 18.5 Å². The number of hydrogen-bond acceptors (Lipinski definition) is 3. The van der Waals surface area contributed by atoms with Crippen molar-refractivity contribution in [1.29, 1.82) is 0 Å². The molecular weight excluding hydrogens is 361 g/mol. The zero-order valence-electron chi connectivity index (χ0n) is 14.3. The van der Waals surface area contributed by atoms with E-state index in [0.29, 0.717) is 11.8 Å². The molecule has 0 heterocycles. The second kappa shape index (κ2) is 8.11. The molecule has 0 unspecified atom stereocenters. The molecule has 142 valence electrons. The van der Waals surface area contributed by atoms with E-state index in [1.165, 1.54) is 11.1 Å². The normalized spacial score (nSPS) is 12.4. The molecule has 8 heteroatoms. The van der Waals surface area contributed by atoms with Crippen LogP contribution in [0.4, 0.5) is 18.9 Å². The van der Waals surface area contributed by atoms with E-state index in [1.807, 2.05) is 12.1 Å². The number of ether oxygens (including phenoxy) is 1. The van der Waals surface area contributed by atoms with Gasteiger partial charge in [0, 0.05) is 0 Å². The summed E-state index contributed by atoms with van der Waals surface area (Å²) in [4.78, 5) is 23.5. The number of aryl methyl sites for hydroxylation is 2. The third kappa shape index (κ3) is 4.58. The van der Waals surface area contributed by atoms with Crippen LogP contribution in [0.3, 0.4) is 0 Å². The van der Waals surface area contributed by atoms with Crippen molar-refractivity contribution in [2.45, 2.75) is 19.3 Å². The summed E-state index contributed by atoms with van der Waals surface area (Å²) < 4.78 is 44.8. The summed E-state index contributed by atoms with van der Waals surface area (Å²) in [5.41, 5.74) is 1.98. The van der Waals surface area contributed by atoms with E-state index < -0.39 is 41.5 Å². The molecule has 3 rings (SSSR count). The molecule has 0 atom stereocenters. The van der Waals surface area contributed by atoms with Crippen LogP contribution in [-0.4, -0.2) is 25.0 Å². The van der Waals surface area contributed by atoms with Gasteiger partial charge in [0.25, 0.3) is 5.91 Å². The molecule has 27 heavy (non-hydrogen) atoms. The van der Waals surface area contributed by atoms with Crippen LogP contribution in [0.2, 0.25) is 0 Å². The lowest BCUT2D eigenvalue weighted by molar-refractivity contribution is -0.125. The fourth-order valence-corrected chi connectivity index (χ4v) is 2.83. The Labute approximate surface area is 153 Å². The van der Waals surface area contributed by atoms with Gasteiger partial charge in [0.05, 0.1) is 12.2 Å². The number of carbonyl (C=O) groups is 2. The molecule has 2 N–H and O–H groups in total. The molecule has 2 amide bonds. The number of amides is 2. The van der Waals surface area contributed by atoms with Gasteiger partial charge in [-0.25, -0.2) is 13.2 Å². The highest BCUT2D eigenvalue weighted by atomic mass is 19.2. The Morgan fingerprint density at radius 2 is 1.74 bits per heavy atom. The van der Waals surface area contributed by atoms with Crippen LogP contribution in [0, 0.1) is 17.5 Å². The molecule has 1 aliphatic carbocycles. The van der Waals surface area contributed by atoms with Crippen LogP contribution >= 0.6 is 0 Å². The van der Waals surface area contributed by atoms with Crippen molar-refractivity contribution in [1.82, 2.24) is 5.32 Å². The van der Waals surface area contributed by atoms with Crippen LogP contribution < -0.4 is 15.4 Å². The molecule has 2 aromatic rings. The highest BCUT2D eigenvalue weighted by Crippen LogP contribution is 2.26. The van der Waals surface area contributed by atoms with Gasteiger partial charge in [-0.1, -0.05) is 6.07 Å². The Bertz CT molecular complexity index is 887. The topological polar surface area (TPSA) is 67.4 Å². The Balaban J connectivity index is 1.45. The van der Waals surface area contributed by atoms with Gasteiger partial charge in [0.15, 0.2) is 24.1 Å². The molecule has 0 spiro atoms. The minimum Gasteiger partial charge on any atom is -0.484 e. The van der Waals surface area contributed by atoms with E-state index in [-0.39, 0.29) is 6.61 Å². The average Bonchev–Trinajstić information content (AvgIpc) is 3.13. The first-order chi connectivity index (χ1) is 12.9. The lowest BCUT2D eigenvalue weighted by Gasteiger charge is -2.10. The fourth-order valence-electron chi connectivity index (χ4n) is 2.83. The van der Waals surface area contributed by atoms with Crippen LogP contribution in [0.15, 0.2) is 30.3 Å². The summed E-state index contributed by atoms with van der Waals surface area (Å²) >= 11 is 0. The van der Waals surface area contributed by atoms with Gasteiger partial charge in [-0.05, 0) is 54.7 Å². The van der Waals surface area contributed by atoms with Gasteiger partial charge in [0.1, 0.15) is 5.75 Å². The molecule has 0 saturated heterocycles. The first kappa shape index (κ1) is 18.8. The first-order valence-corrected chi connectivity index (χ1v) is 8.38. The van der Waals surface area contributed by atoms with Crippen molar-refractivity contribution in [3.05, 3.63) is 58.9 Å². The monoisotopic (exact) mass is 378 g/mol. The van der Waals surface area contributed by atoms with Crippen molar-refractivity contribution in [2.24, 2.45) is 0 Å². The predicted molar refractivity (Wildman–Crippen MR) is 91.9 cm³/mol. The third-order valence-corrected chi connectivity index (χ3v) is 4.20. The van der Waals surface area contributed by atoms with Crippen molar-refractivity contribution in [3.8, 4) is 5.75 Å². The van der Waals surface area contributed by atoms with E-state index in [0.717, 1.165) is 25.3 Å². The molecule has 1 aliphatic rings. The number of halogens is 3. The number of benzene rings is 2. The van der Waals surface area contributed by atoms with Crippen LogP contribution in [0.25, 0.3) is 0 Å². The van der Waals surface area contributed by atoms with E-state index >= 15 is 0 Å². The minimum absolute atomic E-state index is 0.286. The summed E-state index contributed by atoms with van der Waals surface area (Å²) in [6, 6.07) is 7.24. The highest BCUT2D eigenvalue weighted by molar-refractivity contribution is 5.94. The van der Waals surface area contributed by atoms with Gasteiger partial charge in [-0.3, -0.25) is 9.59 Å². The number of hydrogen-bond donors (Lipinski definition) is 2. The molecule has 0 bridgehead atoms. The van der Waals surface area contributed by atoms with Crippen LogP contribution in [-0.2, 0) is 22.4 Å². The smallest absolute Gasteiger partial charge is 0.258 e. The lowest BCUT2D eigenvalue weighted by Crippen LogP contribution is -2.36. The molecule has 0 aliphatic heterocycles. The van der Waals surface area contributed by atoms with Gasteiger partial charge in [-0.2, -0.15) is 0 Å². The van der Waals surface area contributed by atoms with Crippen molar-refractivity contribution in [3.63, 3.8) is 0 Å². The van der Waals surface area contributed by atoms with Gasteiger partial charge in [0.2, 0.25) is 5.91 Å². The van der Waals surface area contributed by atoms with Crippen molar-refractivity contribution >= 4 is 17.5 Å². The first-order valence-electron chi connectivity index (χ1n) is 8.38. The fraction of sp³-hybridized carbons (Fsp3) is 0.263. The van der Waals surface area contributed by atoms with E-state index in [1.54, 1.807) is 6.07 Å². The Morgan fingerprint density at radius 3 is 2.56 bits per heavy atom. The highest BCUT2D eigenvalue weighted by Gasteiger charge is 2.16. The molecule has 2 aromatic carbocycles. The molecule has 0 saturated carbocycles. The third-order valence-electron chi connectivity index (χ3n) is 4.20. The maximum atomic E-state index is 13.5. The largest absolute Gasteiger partial charge is 0.484 e. The average molecular weight is 378 g/mol. The van der Waals surface area contributed by atoms with E-state index in [4.69, 9.17) is 4.74 Å². The van der Waals surface area contributed by atoms with E-state index in [9.17, 15) is 22.8 Å². The zero-order chi connectivity index (χ0) is 19.4. The molecule has 0 aromatic heterocycles. The Kier molecular flexibility index (Phi) is 5.63. The number of rotatable bonds is 6. The quantitative estimate of drug-likeness (QED) is 0.760. The number of nitrogens with one attached hydrogen (secondary N) is 2. The Hall–Kier alpha value is -3.03. The Morgan fingerprint density at radius 1 is 0.963 bits per heavy atom. The van der Waals surface area contributed by atoms with Crippen LogP contribution in [0.1, 0.15) is 17.5 Å². The molecule has 5 nitrogen and oxygen atoms in total. The predicted octanol–water partition coefficient (Wildman–Crippen LogP) is 2.73. The lowest BCUT2D eigenvalue weighted by atomic mass is 10.1. The summed E-state index contributed by atoms with van der Waals surface area (Å²) in [5.74, 6) is -5.31. The van der Waals surface area contributed by atoms with Gasteiger partial charge in [-0.15, -0.1) is 0 Å². The molecular formula is C19H17F3N2O3. The molecule has 0 radical (unpaired) electrons. The maximum absolute atomic E-state index is 13.5. The standard InChI is InChI=1S/C19H17F3N2O3/c20-14-6-7-15(19(22)18(14)21)24-16(25)9-23-17(26)10-27-13-5-4-11-2-1-3-12(11)8-13/h4-8H,1-3,9-10H2,(H,23,26)(H,24,25). The minimum atomic E-state index is -1.68. The number of fused-ring (bicyclic) bond motifs is 1. The SMILES string of the molecule is O=C(COc1ccc2c(c1)CCC2)NCC(=O)Nc1ccc(F)c(F)c1F. The number of carbonyl (C=O) groups excluding carboxylic acids is 2. The summed E-state index contributed by atoms with van der Waals surface area (Å²) in [7, 11) is 0. The number of anilines is 1. The van der Waals surface area contributed by atoms with Crippen LogP contribution in [0.5, 0.6) is 5.75 Å². The summed E-state index contributed by atoms with van der Waals surface area (Å²) in [6.07, 6.45) is 3.14. The van der Waals surface area contributed by atoms with Gasteiger partial charge < -0.3 is 15.4 Å². The summed E-state index contributed by atoms with van der Waals surface area (Å²) in [5, 5.41) is 4.36. The second-order valence-corrected chi connectivity index (χ2v) is 6.12. The molecule has 0 fully saturated rings. The van der Waals surface area contributed by atoms with Crippen molar-refractivity contribution < 1.29 is 27.5 Å².